The maximum absolute atomic E-state index is 12.0. The van der Waals surface area contributed by atoms with Crippen molar-refractivity contribution < 1.29 is 4.79 Å². The molecule has 1 rings (SSSR count). The maximum Gasteiger partial charge on any atom is 0.235 e. The fourth-order valence-corrected chi connectivity index (χ4v) is 2.21. The van der Waals surface area contributed by atoms with E-state index >= 15 is 0 Å². The molecular formula is C11H21NOS. The molecule has 1 heterocycles. The van der Waals surface area contributed by atoms with Gasteiger partial charge < -0.3 is 4.90 Å². The molecule has 14 heavy (non-hydrogen) atoms. The Labute approximate surface area is 92.5 Å². The fourth-order valence-electron chi connectivity index (χ4n) is 2.06. The van der Waals surface area contributed by atoms with Crippen LogP contribution >= 0.6 is 12.6 Å². The van der Waals surface area contributed by atoms with Crippen molar-refractivity contribution in [3.63, 3.8) is 0 Å². The van der Waals surface area contributed by atoms with Crippen molar-refractivity contribution in [2.45, 2.75) is 45.4 Å². The van der Waals surface area contributed by atoms with E-state index in [4.69, 9.17) is 0 Å². The van der Waals surface area contributed by atoms with Gasteiger partial charge in [-0.25, -0.2) is 0 Å². The van der Waals surface area contributed by atoms with Gasteiger partial charge in [-0.15, -0.1) is 0 Å². The Kier molecular flexibility index (Phi) is 3.87. The van der Waals surface area contributed by atoms with E-state index < -0.39 is 0 Å². The Hall–Kier alpha value is -0.180. The Morgan fingerprint density at radius 1 is 1.43 bits per heavy atom. The number of hydrogen-bond donors (Lipinski definition) is 1. The summed E-state index contributed by atoms with van der Waals surface area (Å²) in [5.74, 6) is 1.16. The summed E-state index contributed by atoms with van der Waals surface area (Å²) in [5.41, 5.74) is 0. The zero-order valence-corrected chi connectivity index (χ0v) is 10.4. The first-order chi connectivity index (χ1) is 6.43. The summed E-state index contributed by atoms with van der Waals surface area (Å²) in [6.45, 7) is 9.32. The third-order valence-electron chi connectivity index (χ3n) is 2.95. The second-order valence-electron chi connectivity index (χ2n) is 4.87. The standard InChI is InChI=1S/C11H21NOS/c1-7(2)10(14)11(13)12-6-8(3)5-9(12)4/h7-10,14H,5-6H2,1-4H3. The lowest BCUT2D eigenvalue weighted by Gasteiger charge is -2.26. The van der Waals surface area contributed by atoms with E-state index in [1.807, 2.05) is 18.7 Å². The van der Waals surface area contributed by atoms with Crippen LogP contribution in [0, 0.1) is 11.8 Å². The van der Waals surface area contributed by atoms with Gasteiger partial charge in [0, 0.05) is 12.6 Å². The van der Waals surface area contributed by atoms with E-state index in [0.717, 1.165) is 13.0 Å². The van der Waals surface area contributed by atoms with Crippen LogP contribution in [-0.4, -0.2) is 28.6 Å². The predicted molar refractivity (Wildman–Crippen MR) is 62.6 cm³/mol. The maximum atomic E-state index is 12.0. The summed E-state index contributed by atoms with van der Waals surface area (Å²) in [5, 5.41) is -0.136. The van der Waals surface area contributed by atoms with Crippen LogP contribution in [0.4, 0.5) is 0 Å². The summed E-state index contributed by atoms with van der Waals surface area (Å²) >= 11 is 4.37. The normalized spacial score (nSPS) is 29.7. The first-order valence-corrected chi connectivity index (χ1v) is 5.93. The highest BCUT2D eigenvalue weighted by molar-refractivity contribution is 7.81. The third kappa shape index (κ3) is 2.44. The topological polar surface area (TPSA) is 20.3 Å². The van der Waals surface area contributed by atoms with Gasteiger partial charge in [0.15, 0.2) is 0 Å². The summed E-state index contributed by atoms with van der Waals surface area (Å²) in [7, 11) is 0. The van der Waals surface area contributed by atoms with Gasteiger partial charge in [0.25, 0.3) is 0 Å². The number of carbonyl (C=O) groups is 1. The number of amides is 1. The Morgan fingerprint density at radius 3 is 2.36 bits per heavy atom. The zero-order chi connectivity index (χ0) is 10.9. The van der Waals surface area contributed by atoms with Crippen molar-refractivity contribution in [3.05, 3.63) is 0 Å². The quantitative estimate of drug-likeness (QED) is 0.700. The molecule has 0 aromatic heterocycles. The molecule has 0 aromatic rings. The molecule has 3 unspecified atom stereocenters. The van der Waals surface area contributed by atoms with Crippen LogP contribution < -0.4 is 0 Å². The predicted octanol–water partition coefficient (Wildman–Crippen LogP) is 2.20. The molecular weight excluding hydrogens is 194 g/mol. The van der Waals surface area contributed by atoms with E-state index in [-0.39, 0.29) is 11.2 Å². The molecule has 0 bridgehead atoms. The van der Waals surface area contributed by atoms with Crippen molar-refractivity contribution >= 4 is 18.5 Å². The fraction of sp³-hybridized carbons (Fsp3) is 0.909. The van der Waals surface area contributed by atoms with Crippen molar-refractivity contribution in [2.75, 3.05) is 6.54 Å². The Balaban J connectivity index is 2.61. The second-order valence-corrected chi connectivity index (χ2v) is 5.43. The van der Waals surface area contributed by atoms with E-state index in [9.17, 15) is 4.79 Å². The van der Waals surface area contributed by atoms with Gasteiger partial charge in [-0.2, -0.15) is 12.6 Å². The zero-order valence-electron chi connectivity index (χ0n) is 9.53. The van der Waals surface area contributed by atoms with Crippen LogP contribution in [0.3, 0.4) is 0 Å². The molecule has 0 N–H and O–H groups in total. The molecule has 0 aromatic carbocycles. The largest absolute Gasteiger partial charge is 0.339 e. The van der Waals surface area contributed by atoms with E-state index in [1.165, 1.54) is 0 Å². The SMILES string of the molecule is CC1CC(C)N(C(=O)C(S)C(C)C)C1. The molecule has 3 atom stereocenters. The van der Waals surface area contributed by atoms with Crippen molar-refractivity contribution in [1.29, 1.82) is 0 Å². The van der Waals surface area contributed by atoms with Crippen LogP contribution in [0.25, 0.3) is 0 Å². The molecule has 0 saturated carbocycles. The molecule has 1 fully saturated rings. The van der Waals surface area contributed by atoms with E-state index in [0.29, 0.717) is 17.9 Å². The molecule has 1 saturated heterocycles. The molecule has 2 nitrogen and oxygen atoms in total. The number of rotatable bonds is 2. The molecule has 82 valence electrons. The first-order valence-electron chi connectivity index (χ1n) is 5.42. The molecule has 3 heteroatoms. The monoisotopic (exact) mass is 215 g/mol. The number of likely N-dealkylation sites (tertiary alicyclic amines) is 1. The number of nitrogens with zero attached hydrogens (tertiary/aromatic N) is 1. The summed E-state index contributed by atoms with van der Waals surface area (Å²) < 4.78 is 0. The van der Waals surface area contributed by atoms with Gasteiger partial charge in [-0.1, -0.05) is 20.8 Å². The molecule has 1 aliphatic rings. The van der Waals surface area contributed by atoms with Gasteiger partial charge >= 0.3 is 0 Å². The van der Waals surface area contributed by atoms with Crippen molar-refractivity contribution in [2.24, 2.45) is 11.8 Å². The van der Waals surface area contributed by atoms with E-state index in [2.05, 4.69) is 26.5 Å². The van der Waals surface area contributed by atoms with Crippen LogP contribution in [0.1, 0.15) is 34.1 Å². The van der Waals surface area contributed by atoms with Crippen LogP contribution in [0.15, 0.2) is 0 Å². The minimum atomic E-state index is -0.136. The van der Waals surface area contributed by atoms with Crippen LogP contribution in [0.2, 0.25) is 0 Å². The lowest BCUT2D eigenvalue weighted by atomic mass is 10.1. The summed E-state index contributed by atoms with van der Waals surface area (Å²) in [6, 6.07) is 0.394. The Morgan fingerprint density at radius 2 is 2.00 bits per heavy atom. The molecule has 0 radical (unpaired) electrons. The average Bonchev–Trinajstić information content (AvgIpc) is 2.42. The van der Waals surface area contributed by atoms with Crippen molar-refractivity contribution in [1.82, 2.24) is 4.90 Å². The highest BCUT2D eigenvalue weighted by Crippen LogP contribution is 2.25. The third-order valence-corrected chi connectivity index (χ3v) is 3.77. The average molecular weight is 215 g/mol. The van der Waals surface area contributed by atoms with Gasteiger partial charge in [-0.3, -0.25) is 4.79 Å². The van der Waals surface area contributed by atoms with Crippen LogP contribution in [0.5, 0.6) is 0 Å². The lowest BCUT2D eigenvalue weighted by Crippen LogP contribution is -2.41. The lowest BCUT2D eigenvalue weighted by molar-refractivity contribution is -0.131. The minimum Gasteiger partial charge on any atom is -0.339 e. The van der Waals surface area contributed by atoms with Gasteiger partial charge in [0.2, 0.25) is 5.91 Å². The summed E-state index contributed by atoms with van der Waals surface area (Å²) in [4.78, 5) is 14.0. The first kappa shape index (κ1) is 11.9. The number of carbonyl (C=O) groups excluding carboxylic acids is 1. The Bertz CT molecular complexity index is 217. The number of thiol groups is 1. The van der Waals surface area contributed by atoms with Gasteiger partial charge in [-0.05, 0) is 25.2 Å². The molecule has 0 spiro atoms. The van der Waals surface area contributed by atoms with Gasteiger partial charge in [0.1, 0.15) is 0 Å². The second kappa shape index (κ2) is 4.56. The summed E-state index contributed by atoms with van der Waals surface area (Å²) in [6.07, 6.45) is 1.13. The molecule has 1 aliphatic heterocycles. The smallest absolute Gasteiger partial charge is 0.235 e. The van der Waals surface area contributed by atoms with Gasteiger partial charge in [0.05, 0.1) is 5.25 Å². The van der Waals surface area contributed by atoms with Crippen LogP contribution in [-0.2, 0) is 4.79 Å². The van der Waals surface area contributed by atoms with E-state index in [1.54, 1.807) is 0 Å². The molecule has 0 aliphatic carbocycles. The molecule has 1 amide bonds. The minimum absolute atomic E-state index is 0.136. The number of hydrogen-bond acceptors (Lipinski definition) is 2. The highest BCUT2D eigenvalue weighted by atomic mass is 32.1. The van der Waals surface area contributed by atoms with Crippen molar-refractivity contribution in [3.8, 4) is 0 Å². The highest BCUT2D eigenvalue weighted by Gasteiger charge is 2.33.